The first-order chi connectivity index (χ1) is 13.6. The zero-order chi connectivity index (χ0) is 21.9. The quantitative estimate of drug-likeness (QED) is 0.289. The number of nitrogens with one attached hydrogen (secondary N) is 2. The first kappa shape index (κ1) is 23.3. The fourth-order valence-electron chi connectivity index (χ4n) is 2.56. The van der Waals surface area contributed by atoms with Crippen LogP contribution in [0.4, 0.5) is 17.1 Å². The van der Waals surface area contributed by atoms with Crippen molar-refractivity contribution in [2.45, 2.75) is 24.8 Å². The second-order valence-corrected chi connectivity index (χ2v) is 8.46. The molecular weight excluding hydrogens is 422 g/mol. The highest BCUT2D eigenvalue weighted by Crippen LogP contribution is 2.38. The third kappa shape index (κ3) is 4.78. The van der Waals surface area contributed by atoms with Crippen LogP contribution in [0, 0.1) is 5.92 Å². The van der Waals surface area contributed by atoms with Crippen LogP contribution >= 0.6 is 11.6 Å². The van der Waals surface area contributed by atoms with Crippen LogP contribution in [0.2, 0.25) is 5.02 Å². The Labute approximate surface area is 175 Å². The molecule has 2 atom stereocenters. The summed E-state index contributed by atoms with van der Waals surface area (Å²) in [4.78, 5) is 29.0. The summed E-state index contributed by atoms with van der Waals surface area (Å²) in [6.07, 6.45) is 0. The Morgan fingerprint density at radius 1 is 1.21 bits per heavy atom. The first-order valence-electron chi connectivity index (χ1n) is 8.70. The Balaban J connectivity index is 2.39. The summed E-state index contributed by atoms with van der Waals surface area (Å²) < 4.78 is 18.7. The van der Waals surface area contributed by atoms with Crippen molar-refractivity contribution in [3.05, 3.63) is 37.6 Å². The molecule has 0 heterocycles. The number of phenols is 1. The predicted octanol–water partition coefficient (Wildman–Crippen LogP) is 1.98. The monoisotopic (exact) mass is 445 g/mol. The molecule has 3 N–H and O–H groups in total. The Kier molecular flexibility index (Phi) is 7.78. The number of halogens is 1. The lowest BCUT2D eigenvalue weighted by atomic mass is 10.0. The van der Waals surface area contributed by atoms with E-state index in [2.05, 4.69) is 10.6 Å². The largest absolute Gasteiger partial charge is 0.504 e. The van der Waals surface area contributed by atoms with E-state index in [-0.39, 0.29) is 38.9 Å². The summed E-state index contributed by atoms with van der Waals surface area (Å²) in [5.74, 6) is -0.286. The van der Waals surface area contributed by atoms with Gasteiger partial charge >= 0.3 is 0 Å². The van der Waals surface area contributed by atoms with Crippen LogP contribution in [0.25, 0.3) is 0 Å². The maximum Gasteiger partial charge on any atom is 0.253 e. The van der Waals surface area contributed by atoms with E-state index in [1.807, 2.05) is 13.8 Å². The van der Waals surface area contributed by atoms with Gasteiger partial charge in [0.1, 0.15) is 16.3 Å². The van der Waals surface area contributed by atoms with Gasteiger partial charge in [0.2, 0.25) is 0 Å². The van der Waals surface area contributed by atoms with Crippen molar-refractivity contribution in [1.29, 1.82) is 0 Å². The number of phenolic OH excluding ortho intramolecular Hbond substituents is 1. The number of rotatable bonds is 10. The minimum absolute atomic E-state index is 0.00574. The topological polar surface area (TPSA) is 117 Å². The first-order valence-corrected chi connectivity index (χ1v) is 10.2. The predicted molar refractivity (Wildman–Crippen MR) is 113 cm³/mol. The van der Waals surface area contributed by atoms with Gasteiger partial charge in [-0.3, -0.25) is 14.4 Å². The lowest BCUT2D eigenvalue weighted by molar-refractivity contribution is -0.0205. The third-order valence-electron chi connectivity index (χ3n) is 4.40. The van der Waals surface area contributed by atoms with Crippen LogP contribution in [-0.2, 0) is 20.6 Å². The number of methoxy groups -OCH3 is 1. The Bertz CT molecular complexity index is 973. The fraction of sp³-hybridized carbons (Fsp3) is 0.444. The summed E-state index contributed by atoms with van der Waals surface area (Å²) in [6.45, 7) is 4.25. The molecule has 0 amide bonds. The molecule has 0 bridgehead atoms. The van der Waals surface area contributed by atoms with Crippen molar-refractivity contribution in [2.24, 2.45) is 5.92 Å². The number of hydroxylamine groups is 1. The van der Waals surface area contributed by atoms with Crippen molar-refractivity contribution in [2.75, 3.05) is 38.5 Å². The number of hydrogen-bond donors (Lipinski definition) is 3. The van der Waals surface area contributed by atoms with Crippen molar-refractivity contribution in [3.63, 3.8) is 0 Å². The highest BCUT2D eigenvalue weighted by Gasteiger charge is 2.27. The van der Waals surface area contributed by atoms with Crippen LogP contribution in [0.1, 0.15) is 13.8 Å². The van der Waals surface area contributed by atoms with Crippen molar-refractivity contribution < 1.29 is 18.9 Å². The summed E-state index contributed by atoms with van der Waals surface area (Å²) >= 11 is 6.08. The molecule has 0 saturated carbocycles. The van der Waals surface area contributed by atoms with Crippen LogP contribution < -0.4 is 21.5 Å². The molecule has 0 spiro atoms. The summed E-state index contributed by atoms with van der Waals surface area (Å²) in [5.41, 5.74) is -1.20. The lowest BCUT2D eigenvalue weighted by Crippen LogP contribution is -2.41. The number of nitrogens with zero attached hydrogens (tertiary/aromatic N) is 1. The standard InChI is InChI=1S/C18H24ClN3O6S/c1-9(2)12(8-27-4)21-14-13(16(24)17(14)25)20-11-7-6-10(19)18(15(11)23)29(26)22(3)28-5/h6-7,9,12,20-21,23H,8H2,1-5H3. The van der Waals surface area contributed by atoms with E-state index >= 15 is 0 Å². The number of aromatic hydroxyl groups is 1. The van der Waals surface area contributed by atoms with Gasteiger partial charge in [-0.05, 0) is 18.1 Å². The molecule has 29 heavy (non-hydrogen) atoms. The Morgan fingerprint density at radius 2 is 1.83 bits per heavy atom. The maximum atomic E-state index is 12.5. The van der Waals surface area contributed by atoms with Gasteiger partial charge in [-0.15, -0.1) is 4.47 Å². The molecule has 2 unspecified atom stereocenters. The normalized spacial score (nSPS) is 13.8. The van der Waals surface area contributed by atoms with E-state index in [9.17, 15) is 18.9 Å². The highest BCUT2D eigenvalue weighted by atomic mass is 35.5. The van der Waals surface area contributed by atoms with Crippen LogP contribution in [-0.4, -0.2) is 47.7 Å². The molecule has 2 aromatic carbocycles. The van der Waals surface area contributed by atoms with Gasteiger partial charge in [0.25, 0.3) is 10.9 Å². The van der Waals surface area contributed by atoms with Crippen LogP contribution in [0.3, 0.4) is 0 Å². The Hall–Kier alpha value is -1.98. The number of ether oxygens (including phenoxy) is 1. The molecule has 11 heteroatoms. The van der Waals surface area contributed by atoms with E-state index in [0.717, 1.165) is 4.47 Å². The van der Waals surface area contributed by atoms with Gasteiger partial charge < -0.3 is 20.5 Å². The number of benzene rings is 1. The van der Waals surface area contributed by atoms with Crippen molar-refractivity contribution >= 4 is 39.6 Å². The van der Waals surface area contributed by atoms with Gasteiger partial charge in [0.05, 0.1) is 30.5 Å². The van der Waals surface area contributed by atoms with E-state index in [4.69, 9.17) is 21.2 Å². The molecule has 2 aromatic rings. The van der Waals surface area contributed by atoms with E-state index in [1.54, 1.807) is 7.11 Å². The minimum atomic E-state index is -1.91. The van der Waals surface area contributed by atoms with Gasteiger partial charge in [-0.25, -0.2) is 4.21 Å². The zero-order valence-electron chi connectivity index (χ0n) is 16.7. The molecule has 0 aliphatic rings. The van der Waals surface area contributed by atoms with Gasteiger partial charge in [0.15, 0.2) is 16.7 Å². The molecule has 0 radical (unpaired) electrons. The zero-order valence-corrected chi connectivity index (χ0v) is 18.3. The van der Waals surface area contributed by atoms with Crippen molar-refractivity contribution in [1.82, 2.24) is 4.47 Å². The number of anilines is 3. The fourth-order valence-corrected chi connectivity index (χ4v) is 3.81. The van der Waals surface area contributed by atoms with E-state index < -0.39 is 27.6 Å². The van der Waals surface area contributed by atoms with E-state index in [0.29, 0.717) is 6.61 Å². The SMILES string of the molecule is COCC(Nc1c(Nc2ccc(Cl)c(S(=O)N(C)OC)c2O)c(=O)c1=O)C(C)C. The number of hydrogen-bond acceptors (Lipinski definition) is 8. The summed E-state index contributed by atoms with van der Waals surface area (Å²) in [5, 5.41) is 16.4. The smallest absolute Gasteiger partial charge is 0.253 e. The highest BCUT2D eigenvalue weighted by molar-refractivity contribution is 7.82. The Morgan fingerprint density at radius 3 is 2.38 bits per heavy atom. The molecule has 160 valence electrons. The average Bonchev–Trinajstić information content (AvgIpc) is 2.69. The summed E-state index contributed by atoms with van der Waals surface area (Å²) in [7, 11) is 2.36. The second-order valence-electron chi connectivity index (χ2n) is 6.63. The molecule has 0 aromatic heterocycles. The molecule has 0 saturated heterocycles. The van der Waals surface area contributed by atoms with Crippen molar-refractivity contribution in [3.8, 4) is 5.75 Å². The molecule has 0 aliphatic carbocycles. The molecule has 9 nitrogen and oxygen atoms in total. The van der Waals surface area contributed by atoms with Crippen LogP contribution in [0.5, 0.6) is 5.75 Å². The van der Waals surface area contributed by atoms with Crippen LogP contribution in [0.15, 0.2) is 26.6 Å². The van der Waals surface area contributed by atoms with Gasteiger partial charge in [-0.1, -0.05) is 25.4 Å². The minimum Gasteiger partial charge on any atom is -0.504 e. The third-order valence-corrected chi connectivity index (χ3v) is 6.21. The maximum absolute atomic E-state index is 12.5. The molecule has 0 fully saturated rings. The lowest BCUT2D eigenvalue weighted by Gasteiger charge is -2.25. The molecule has 2 rings (SSSR count). The average molecular weight is 446 g/mol. The van der Waals surface area contributed by atoms with Gasteiger partial charge in [-0.2, -0.15) is 0 Å². The van der Waals surface area contributed by atoms with E-state index in [1.165, 1.54) is 26.3 Å². The van der Waals surface area contributed by atoms with Gasteiger partial charge in [0, 0.05) is 14.2 Å². The summed E-state index contributed by atoms with van der Waals surface area (Å²) in [6, 6.07) is 2.64. The second kappa shape index (κ2) is 9.68. The molecule has 0 aliphatic heterocycles. The molecular formula is C18H24ClN3O6S.